The Kier molecular flexibility index (Phi) is 3.73. The fourth-order valence-electron chi connectivity index (χ4n) is 3.14. The maximum absolute atomic E-state index is 6.40. The summed E-state index contributed by atoms with van der Waals surface area (Å²) in [6.45, 7) is 4.22. The SMILES string of the molecule is Cc1ccc(-c2ncc(-c3nc(C4(N)CCCC4)no3)s2)cc1C. The number of aromatic nitrogens is 3. The minimum atomic E-state index is -0.427. The van der Waals surface area contributed by atoms with Gasteiger partial charge in [0, 0.05) is 5.56 Å². The molecular weight excluding hydrogens is 320 g/mol. The highest BCUT2D eigenvalue weighted by Crippen LogP contribution is 2.37. The summed E-state index contributed by atoms with van der Waals surface area (Å²) in [5.41, 5.74) is 9.63. The Morgan fingerprint density at radius 2 is 1.96 bits per heavy atom. The average molecular weight is 340 g/mol. The van der Waals surface area contributed by atoms with Gasteiger partial charge >= 0.3 is 0 Å². The van der Waals surface area contributed by atoms with E-state index in [2.05, 4.69) is 47.2 Å². The van der Waals surface area contributed by atoms with Crippen molar-refractivity contribution < 1.29 is 4.52 Å². The highest BCUT2D eigenvalue weighted by atomic mass is 32.1. The monoisotopic (exact) mass is 340 g/mol. The van der Waals surface area contributed by atoms with Gasteiger partial charge in [-0.05, 0) is 43.9 Å². The van der Waals surface area contributed by atoms with Crippen LogP contribution in [0.15, 0.2) is 28.9 Å². The minimum Gasteiger partial charge on any atom is -0.333 e. The third kappa shape index (κ3) is 2.65. The van der Waals surface area contributed by atoms with Crippen molar-refractivity contribution in [3.8, 4) is 21.3 Å². The van der Waals surface area contributed by atoms with E-state index in [1.165, 1.54) is 11.1 Å². The number of aryl methyl sites for hydroxylation is 2. The van der Waals surface area contributed by atoms with Gasteiger partial charge in [-0.3, -0.25) is 0 Å². The van der Waals surface area contributed by atoms with E-state index in [4.69, 9.17) is 10.3 Å². The molecule has 0 radical (unpaired) electrons. The van der Waals surface area contributed by atoms with Crippen LogP contribution in [0, 0.1) is 13.8 Å². The molecule has 0 unspecified atom stereocenters. The molecule has 0 amide bonds. The molecule has 0 spiro atoms. The van der Waals surface area contributed by atoms with E-state index in [1.54, 1.807) is 17.5 Å². The molecule has 0 saturated heterocycles. The predicted octanol–water partition coefficient (Wildman–Crippen LogP) is 4.20. The molecule has 2 heterocycles. The average Bonchev–Trinajstić information content (AvgIpc) is 3.28. The lowest BCUT2D eigenvalue weighted by Gasteiger charge is -2.17. The first-order valence-electron chi connectivity index (χ1n) is 8.22. The second-order valence-electron chi connectivity index (χ2n) is 6.62. The summed E-state index contributed by atoms with van der Waals surface area (Å²) in [6.07, 6.45) is 5.88. The van der Waals surface area contributed by atoms with E-state index in [9.17, 15) is 0 Å². The second-order valence-corrected chi connectivity index (χ2v) is 7.65. The van der Waals surface area contributed by atoms with Gasteiger partial charge in [-0.15, -0.1) is 11.3 Å². The lowest BCUT2D eigenvalue weighted by Crippen LogP contribution is -2.34. The van der Waals surface area contributed by atoms with Crippen molar-refractivity contribution >= 4 is 11.3 Å². The van der Waals surface area contributed by atoms with Crippen LogP contribution in [-0.4, -0.2) is 15.1 Å². The van der Waals surface area contributed by atoms with E-state index >= 15 is 0 Å². The number of nitrogens with zero attached hydrogens (tertiary/aromatic N) is 3. The number of nitrogens with two attached hydrogens (primary N) is 1. The van der Waals surface area contributed by atoms with Gasteiger partial charge < -0.3 is 10.3 Å². The summed E-state index contributed by atoms with van der Waals surface area (Å²) in [6, 6.07) is 6.37. The number of thiazole rings is 1. The zero-order chi connectivity index (χ0) is 16.7. The van der Waals surface area contributed by atoms with Crippen molar-refractivity contribution in [3.63, 3.8) is 0 Å². The smallest absolute Gasteiger partial charge is 0.269 e. The number of hydrogen-bond donors (Lipinski definition) is 1. The predicted molar refractivity (Wildman–Crippen MR) is 94.6 cm³/mol. The fourth-order valence-corrected chi connectivity index (χ4v) is 3.97. The Balaban J connectivity index is 1.63. The van der Waals surface area contributed by atoms with Crippen LogP contribution < -0.4 is 5.73 Å². The first kappa shape index (κ1) is 15.5. The molecule has 5 nitrogen and oxygen atoms in total. The summed E-state index contributed by atoms with van der Waals surface area (Å²) < 4.78 is 5.45. The van der Waals surface area contributed by atoms with Crippen molar-refractivity contribution in [2.45, 2.75) is 45.1 Å². The molecule has 124 valence electrons. The summed E-state index contributed by atoms with van der Waals surface area (Å²) in [5.74, 6) is 1.13. The zero-order valence-electron chi connectivity index (χ0n) is 13.9. The van der Waals surface area contributed by atoms with Crippen LogP contribution in [0.4, 0.5) is 0 Å². The van der Waals surface area contributed by atoms with Gasteiger partial charge in [-0.25, -0.2) is 4.98 Å². The molecule has 1 saturated carbocycles. The minimum absolute atomic E-state index is 0.427. The highest BCUT2D eigenvalue weighted by molar-refractivity contribution is 7.18. The van der Waals surface area contributed by atoms with Gasteiger partial charge in [-0.2, -0.15) is 4.98 Å². The molecule has 0 atom stereocenters. The lowest BCUT2D eigenvalue weighted by atomic mass is 9.99. The molecule has 1 fully saturated rings. The van der Waals surface area contributed by atoms with Gasteiger partial charge in [0.25, 0.3) is 5.89 Å². The Bertz CT molecular complexity index is 877. The molecule has 2 aromatic heterocycles. The van der Waals surface area contributed by atoms with Gasteiger partial charge in [-0.1, -0.05) is 30.1 Å². The Labute approximate surface area is 144 Å². The van der Waals surface area contributed by atoms with Crippen LogP contribution in [0.2, 0.25) is 0 Å². The van der Waals surface area contributed by atoms with E-state index in [0.717, 1.165) is 41.1 Å². The van der Waals surface area contributed by atoms with Crippen LogP contribution in [0.1, 0.15) is 42.6 Å². The standard InChI is InChI=1S/C18H20N4OS/c1-11-5-6-13(9-12(11)2)16-20-10-14(24-16)15-21-17(22-23-15)18(19)7-3-4-8-18/h5-6,9-10H,3-4,7-8,19H2,1-2H3. The van der Waals surface area contributed by atoms with E-state index < -0.39 is 5.54 Å². The summed E-state index contributed by atoms with van der Waals surface area (Å²) in [5, 5.41) is 5.08. The Morgan fingerprint density at radius 1 is 1.17 bits per heavy atom. The van der Waals surface area contributed by atoms with E-state index in [-0.39, 0.29) is 0 Å². The normalized spacial score (nSPS) is 16.6. The van der Waals surface area contributed by atoms with Crippen molar-refractivity contribution in [2.24, 2.45) is 5.73 Å². The molecule has 1 aliphatic rings. The van der Waals surface area contributed by atoms with Crippen LogP contribution in [0.25, 0.3) is 21.3 Å². The summed E-state index contributed by atoms with van der Waals surface area (Å²) in [7, 11) is 0. The van der Waals surface area contributed by atoms with Gasteiger partial charge in [0.2, 0.25) is 0 Å². The summed E-state index contributed by atoms with van der Waals surface area (Å²) >= 11 is 1.56. The van der Waals surface area contributed by atoms with E-state index in [1.807, 2.05) is 0 Å². The zero-order valence-corrected chi connectivity index (χ0v) is 14.7. The van der Waals surface area contributed by atoms with Crippen LogP contribution in [0.3, 0.4) is 0 Å². The molecule has 6 heteroatoms. The molecule has 24 heavy (non-hydrogen) atoms. The van der Waals surface area contributed by atoms with Crippen molar-refractivity contribution in [2.75, 3.05) is 0 Å². The second kappa shape index (κ2) is 5.79. The molecule has 3 aromatic rings. The molecule has 0 aliphatic heterocycles. The molecule has 1 aliphatic carbocycles. The molecule has 1 aromatic carbocycles. The molecule has 0 bridgehead atoms. The Morgan fingerprint density at radius 3 is 2.71 bits per heavy atom. The van der Waals surface area contributed by atoms with Gasteiger partial charge in [0.15, 0.2) is 5.82 Å². The van der Waals surface area contributed by atoms with Crippen LogP contribution in [-0.2, 0) is 5.54 Å². The third-order valence-electron chi connectivity index (χ3n) is 4.84. The topological polar surface area (TPSA) is 77.8 Å². The maximum Gasteiger partial charge on any atom is 0.269 e. The molecular formula is C18H20N4OS. The highest BCUT2D eigenvalue weighted by Gasteiger charge is 2.36. The largest absolute Gasteiger partial charge is 0.333 e. The maximum atomic E-state index is 6.40. The molecule has 4 rings (SSSR count). The Hall–Kier alpha value is -2.05. The third-order valence-corrected chi connectivity index (χ3v) is 5.87. The fraction of sp³-hybridized carbons (Fsp3) is 0.389. The van der Waals surface area contributed by atoms with Crippen molar-refractivity contribution in [1.82, 2.24) is 15.1 Å². The van der Waals surface area contributed by atoms with Crippen LogP contribution in [0.5, 0.6) is 0 Å². The lowest BCUT2D eigenvalue weighted by molar-refractivity contribution is 0.373. The quantitative estimate of drug-likeness (QED) is 0.773. The number of rotatable bonds is 3. The van der Waals surface area contributed by atoms with Crippen LogP contribution >= 0.6 is 11.3 Å². The first-order valence-corrected chi connectivity index (χ1v) is 9.04. The first-order chi connectivity index (χ1) is 11.5. The number of hydrogen-bond acceptors (Lipinski definition) is 6. The van der Waals surface area contributed by atoms with Crippen molar-refractivity contribution in [3.05, 3.63) is 41.3 Å². The van der Waals surface area contributed by atoms with E-state index in [0.29, 0.717) is 11.7 Å². The summed E-state index contributed by atoms with van der Waals surface area (Å²) in [4.78, 5) is 9.94. The van der Waals surface area contributed by atoms with Gasteiger partial charge in [0.1, 0.15) is 9.88 Å². The van der Waals surface area contributed by atoms with Crippen molar-refractivity contribution in [1.29, 1.82) is 0 Å². The molecule has 2 N–H and O–H groups in total. The number of benzene rings is 1. The van der Waals surface area contributed by atoms with Gasteiger partial charge in [0.05, 0.1) is 11.7 Å².